The van der Waals surface area contributed by atoms with Crippen LogP contribution in [0.3, 0.4) is 0 Å². The Morgan fingerprint density at radius 3 is 0.242 bits per heavy atom. The summed E-state index contributed by atoms with van der Waals surface area (Å²) in [6.07, 6.45) is 0. The first-order chi connectivity index (χ1) is 29.7. The number of nitrogens with zero attached hydrogens (tertiary/aromatic N) is 8. The van der Waals surface area contributed by atoms with E-state index in [9.17, 15) is 0 Å². The molecule has 0 aromatic carbocycles. The molecule has 8 nitrogen and oxygen atoms in total. The van der Waals surface area contributed by atoms with Crippen LogP contribution in [-0.2, 0) is 143 Å². The second-order valence-electron chi connectivity index (χ2n) is 11.5. The third-order valence-electron chi connectivity index (χ3n) is 8.17. The van der Waals surface area contributed by atoms with E-state index in [1.807, 2.05) is 150 Å². The second-order valence-corrected chi connectivity index (χ2v) is 19.8. The predicted octanol–water partition coefficient (Wildman–Crippen LogP) is 9.28. The van der Waals surface area contributed by atoms with Gasteiger partial charge in [-0.15, -0.1) is 0 Å². The van der Waals surface area contributed by atoms with E-state index in [2.05, 4.69) is 0 Å². The molecule has 0 saturated carbocycles. The predicted molar refractivity (Wildman–Crippen MR) is 343 cm³/mol. The molecule has 0 fully saturated rings. The zero-order valence-corrected chi connectivity index (χ0v) is 59.3. The first kappa shape index (κ1) is 91.0. The molecular weight excluding hydrogens is 1300 g/mol. The summed E-state index contributed by atoms with van der Waals surface area (Å²) in [5.41, 5.74) is 0. The Balaban J connectivity index is -0.0000000676. The first-order valence-corrected chi connectivity index (χ1v) is 28.0. The second kappa shape index (κ2) is 67.3. The van der Waals surface area contributed by atoms with E-state index < -0.39 is 0 Å². The molecule has 0 N–H and O–H groups in total. The minimum Gasteiger partial charge on any atom is -0.411 e. The molecule has 0 amide bonds. The number of hydrogen-bond acceptors (Lipinski definition) is 16. The molecule has 0 aliphatic carbocycles. The van der Waals surface area contributed by atoms with E-state index in [-0.39, 0.29) is 42.1 Å². The van der Waals surface area contributed by atoms with Gasteiger partial charge >= 0.3 is 42.1 Å². The Morgan fingerprint density at radius 2 is 0.242 bits per heavy atom. The number of rotatable bonds is 16. The van der Waals surface area contributed by atoms with E-state index >= 15 is 0 Å². The summed E-state index contributed by atoms with van der Waals surface area (Å²) in [5.74, 6) is 0. The molecule has 0 aliphatic heterocycles. The molecule has 0 aromatic heterocycles. The van der Waals surface area contributed by atoms with Crippen LogP contribution in [0.15, 0.2) is 0 Å². The fourth-order valence-electron chi connectivity index (χ4n) is 3.85. The van der Waals surface area contributed by atoms with E-state index in [0.717, 1.165) is 105 Å². The first-order valence-electron chi connectivity index (χ1n) is 21.4. The van der Waals surface area contributed by atoms with E-state index in [1.54, 1.807) is 0 Å². The average Bonchev–Trinajstić information content (AvgIpc) is 3.22. The molecule has 0 aromatic rings. The minimum absolute atomic E-state index is 0. The van der Waals surface area contributed by atoms with Gasteiger partial charge in [0.25, 0.3) is 0 Å². The maximum Gasteiger partial charge on any atom is 4.00 e. The molecule has 0 rings (SSSR count). The molecular formula is C40H80Mo2N8S16. The van der Waals surface area contributed by atoms with Crippen molar-refractivity contribution in [1.29, 1.82) is 0 Å². The number of thiocarbonyl (C=S) groups is 8. The van der Waals surface area contributed by atoms with Crippen LogP contribution in [0.4, 0.5) is 0 Å². The Hall–Kier alpha value is 2.26. The van der Waals surface area contributed by atoms with Gasteiger partial charge in [0.05, 0.1) is 0 Å². The van der Waals surface area contributed by atoms with Crippen LogP contribution in [-0.4, -0.2) is 178 Å². The minimum atomic E-state index is 0. The molecule has 388 valence electrons. The standard InChI is InChI=1S/8C5H11NS2.2Mo/c8*1-3-6(4-2)5(7)8;;/h8*3-4H2,1-2H3,(H,7,8);;/q;;;;;;;;2*+4/p-8. The quantitative estimate of drug-likeness (QED) is 0.0834. The molecule has 0 spiro atoms. The average molecular weight is 1380 g/mol. The summed E-state index contributed by atoms with van der Waals surface area (Å²) >= 11 is 76.1. The topological polar surface area (TPSA) is 25.9 Å². The van der Waals surface area contributed by atoms with Crippen molar-refractivity contribution in [2.45, 2.75) is 111 Å². The van der Waals surface area contributed by atoms with Crippen molar-refractivity contribution in [2.24, 2.45) is 0 Å². The smallest absolute Gasteiger partial charge is 0.411 e. The summed E-state index contributed by atoms with van der Waals surface area (Å²) < 4.78 is 4.63. The van der Waals surface area contributed by atoms with Gasteiger partial charge in [-0.2, -0.15) is 0 Å². The van der Waals surface area contributed by atoms with Gasteiger partial charge in [-0.1, -0.05) is 34.6 Å². The van der Waals surface area contributed by atoms with Crippen LogP contribution in [0.2, 0.25) is 0 Å². The largest absolute Gasteiger partial charge is 4.00 e. The fraction of sp³-hybridized carbons (Fsp3) is 0.800. The molecule has 0 saturated heterocycles. The Labute approximate surface area is 523 Å². The zero-order valence-electron chi connectivity index (χ0n) is 42.2. The van der Waals surface area contributed by atoms with Gasteiger partial charge in [0.2, 0.25) is 0 Å². The maximum atomic E-state index is 4.76. The van der Waals surface area contributed by atoms with Crippen LogP contribution in [0.25, 0.3) is 0 Å². The normalized spacial score (nSPS) is 8.48. The Kier molecular flexibility index (Phi) is 92.7. The molecule has 66 heavy (non-hydrogen) atoms. The van der Waals surface area contributed by atoms with Crippen LogP contribution in [0.1, 0.15) is 111 Å². The van der Waals surface area contributed by atoms with Crippen molar-refractivity contribution < 1.29 is 42.1 Å². The van der Waals surface area contributed by atoms with Crippen LogP contribution >= 0.6 is 97.7 Å². The summed E-state index contributed by atoms with van der Waals surface area (Å²) in [5, 5.41) is 0. The third kappa shape index (κ3) is 64.3. The van der Waals surface area contributed by atoms with Crippen LogP contribution < -0.4 is 0 Å². The zero-order chi connectivity index (χ0) is 52.6. The van der Waals surface area contributed by atoms with Crippen molar-refractivity contribution in [2.75, 3.05) is 105 Å². The number of hydrogen-bond donors (Lipinski definition) is 0. The van der Waals surface area contributed by atoms with E-state index in [1.165, 1.54) is 0 Å². The van der Waals surface area contributed by atoms with Crippen LogP contribution in [0.5, 0.6) is 0 Å². The van der Waals surface area contributed by atoms with Gasteiger partial charge in [-0.05, 0) is 111 Å². The van der Waals surface area contributed by atoms with Gasteiger partial charge in [0.1, 0.15) is 0 Å². The van der Waals surface area contributed by atoms with Crippen molar-refractivity contribution in [3.8, 4) is 0 Å². The maximum absolute atomic E-state index is 4.76. The Bertz CT molecular complexity index is 905. The van der Waals surface area contributed by atoms with Crippen molar-refractivity contribution in [1.82, 2.24) is 39.2 Å². The van der Waals surface area contributed by atoms with E-state index in [4.69, 9.17) is 199 Å². The van der Waals surface area contributed by atoms with Gasteiger partial charge in [-0.25, -0.2) is 0 Å². The van der Waals surface area contributed by atoms with Crippen molar-refractivity contribution >= 4 is 233 Å². The molecule has 0 unspecified atom stereocenters. The molecule has 0 aliphatic rings. The van der Waals surface area contributed by atoms with Crippen LogP contribution in [0, 0.1) is 0 Å². The molecule has 0 atom stereocenters. The van der Waals surface area contributed by atoms with Crippen molar-refractivity contribution in [3.05, 3.63) is 0 Å². The van der Waals surface area contributed by atoms with Gasteiger partial charge in [0.15, 0.2) is 0 Å². The summed E-state index contributed by atoms with van der Waals surface area (Å²) in [4.78, 5) is 15.7. The molecule has 26 heteroatoms. The van der Waals surface area contributed by atoms with Gasteiger partial charge in [0, 0.05) is 105 Å². The molecule has 0 heterocycles. The third-order valence-corrected chi connectivity index (χ3v) is 12.3. The Morgan fingerprint density at radius 1 is 0.197 bits per heavy atom. The summed E-state index contributed by atoms with van der Waals surface area (Å²) in [6, 6.07) is 0. The summed E-state index contributed by atoms with van der Waals surface area (Å²) in [7, 11) is 0. The summed E-state index contributed by atoms with van der Waals surface area (Å²) in [6.45, 7) is 47.6. The van der Waals surface area contributed by atoms with Crippen molar-refractivity contribution in [3.63, 3.8) is 0 Å². The monoisotopic (exact) mass is 1380 g/mol. The molecule has 0 radical (unpaired) electrons. The SMILES string of the molecule is CCN(CC)C(=S)[S-].CCN(CC)C(=S)[S-].CCN(CC)C(=S)[S-].CCN(CC)C(=S)[S-].CCN(CC)C(=S)[S-].CCN(CC)C(=S)[S-].CCN(CC)C(=S)[S-].CCN(CC)C(=S)[S-].[Mo+4].[Mo+4]. The van der Waals surface area contributed by atoms with Gasteiger partial charge in [-0.3, -0.25) is 0 Å². The van der Waals surface area contributed by atoms with Gasteiger partial charge < -0.3 is 238 Å². The fourth-order valence-corrected chi connectivity index (χ4v) is 7.99. The van der Waals surface area contributed by atoms with E-state index in [0.29, 0.717) is 34.6 Å². The molecule has 0 bridgehead atoms.